The van der Waals surface area contributed by atoms with Gasteiger partial charge in [-0.1, -0.05) is 19.3 Å². The van der Waals surface area contributed by atoms with Crippen LogP contribution in [0.4, 0.5) is 0 Å². The second-order valence-corrected chi connectivity index (χ2v) is 5.25. The lowest BCUT2D eigenvalue weighted by Crippen LogP contribution is -2.44. The number of carbonyl (C=O) groups is 2. The summed E-state index contributed by atoms with van der Waals surface area (Å²) in [6.07, 6.45) is 7.31. The van der Waals surface area contributed by atoms with Gasteiger partial charge in [0.1, 0.15) is 5.69 Å². The molecule has 1 aromatic heterocycles. The van der Waals surface area contributed by atoms with Crippen molar-refractivity contribution < 1.29 is 14.7 Å². The molecule has 1 aromatic rings. The molecule has 0 radical (unpaired) electrons. The van der Waals surface area contributed by atoms with Crippen molar-refractivity contribution in [3.05, 3.63) is 18.2 Å². The highest BCUT2D eigenvalue weighted by molar-refractivity contribution is 5.92. The zero-order valence-electron chi connectivity index (χ0n) is 11.1. The number of aliphatic carboxylic acids is 1. The van der Waals surface area contributed by atoms with Crippen LogP contribution < -0.4 is 5.32 Å². The summed E-state index contributed by atoms with van der Waals surface area (Å²) in [5, 5.41) is 12.1. The lowest BCUT2D eigenvalue weighted by molar-refractivity contribution is -0.150. The number of rotatable bonds is 4. The minimum absolute atomic E-state index is 0.178. The van der Waals surface area contributed by atoms with Gasteiger partial charge in [-0.3, -0.25) is 9.59 Å². The van der Waals surface area contributed by atoms with Crippen molar-refractivity contribution in [1.82, 2.24) is 14.9 Å². The van der Waals surface area contributed by atoms with Crippen LogP contribution in [0, 0.1) is 5.41 Å². The monoisotopic (exact) mass is 265 g/mol. The molecule has 0 bridgehead atoms. The summed E-state index contributed by atoms with van der Waals surface area (Å²) in [5.74, 6) is -1.12. The first-order valence-corrected chi connectivity index (χ1v) is 6.53. The number of aryl methyl sites for hydroxylation is 1. The van der Waals surface area contributed by atoms with Gasteiger partial charge in [0, 0.05) is 19.8 Å². The molecule has 1 amide bonds. The van der Waals surface area contributed by atoms with Gasteiger partial charge in [0.05, 0.1) is 11.7 Å². The first-order valence-electron chi connectivity index (χ1n) is 6.53. The maximum Gasteiger partial charge on any atom is 0.311 e. The highest BCUT2D eigenvalue weighted by Gasteiger charge is 2.39. The first kappa shape index (κ1) is 13.6. The number of carbonyl (C=O) groups excluding carboxylic acids is 1. The smallest absolute Gasteiger partial charge is 0.311 e. The molecule has 1 saturated carbocycles. The zero-order valence-corrected chi connectivity index (χ0v) is 11.1. The van der Waals surface area contributed by atoms with E-state index in [9.17, 15) is 14.7 Å². The number of hydrogen-bond donors (Lipinski definition) is 2. The Balaban J connectivity index is 1.99. The Morgan fingerprint density at radius 1 is 1.42 bits per heavy atom. The molecular formula is C13H19N3O3. The van der Waals surface area contributed by atoms with Gasteiger partial charge in [0.25, 0.3) is 5.91 Å². The van der Waals surface area contributed by atoms with Gasteiger partial charge in [0.15, 0.2) is 0 Å². The normalized spacial score (nSPS) is 17.9. The van der Waals surface area contributed by atoms with Crippen molar-refractivity contribution >= 4 is 11.9 Å². The Kier molecular flexibility index (Phi) is 3.87. The third-order valence-corrected chi connectivity index (χ3v) is 3.79. The fourth-order valence-corrected chi connectivity index (χ4v) is 2.56. The van der Waals surface area contributed by atoms with Crippen molar-refractivity contribution in [1.29, 1.82) is 0 Å². The molecule has 0 atom stereocenters. The summed E-state index contributed by atoms with van der Waals surface area (Å²) in [5.41, 5.74) is -0.485. The molecule has 2 N–H and O–H groups in total. The van der Waals surface area contributed by atoms with E-state index in [2.05, 4.69) is 10.3 Å². The van der Waals surface area contributed by atoms with Gasteiger partial charge in [-0.2, -0.15) is 0 Å². The number of carboxylic acid groups (broad SMARTS) is 1. The van der Waals surface area contributed by atoms with Crippen LogP contribution in [-0.4, -0.2) is 33.1 Å². The quantitative estimate of drug-likeness (QED) is 0.856. The van der Waals surface area contributed by atoms with Crippen LogP contribution in [0.2, 0.25) is 0 Å². The molecule has 2 rings (SSSR count). The van der Waals surface area contributed by atoms with Crippen molar-refractivity contribution in [3.63, 3.8) is 0 Å². The summed E-state index contributed by atoms with van der Waals surface area (Å²) in [6, 6.07) is 0. The maximum absolute atomic E-state index is 11.9. The van der Waals surface area contributed by atoms with E-state index in [1.807, 2.05) is 0 Å². The van der Waals surface area contributed by atoms with Gasteiger partial charge in [-0.15, -0.1) is 0 Å². The van der Waals surface area contributed by atoms with E-state index < -0.39 is 11.4 Å². The highest BCUT2D eigenvalue weighted by Crippen LogP contribution is 2.36. The molecule has 6 heteroatoms. The Morgan fingerprint density at radius 2 is 2.11 bits per heavy atom. The molecule has 1 fully saturated rings. The molecule has 19 heavy (non-hydrogen) atoms. The molecule has 1 heterocycles. The van der Waals surface area contributed by atoms with E-state index in [1.165, 1.54) is 0 Å². The Morgan fingerprint density at radius 3 is 2.63 bits per heavy atom. The molecule has 0 aromatic carbocycles. The summed E-state index contributed by atoms with van der Waals surface area (Å²) in [6.45, 7) is 0.178. The topological polar surface area (TPSA) is 84.2 Å². The van der Waals surface area contributed by atoms with Crippen LogP contribution in [0.25, 0.3) is 0 Å². The fourth-order valence-electron chi connectivity index (χ4n) is 2.56. The molecule has 0 saturated heterocycles. The van der Waals surface area contributed by atoms with Crippen LogP contribution in [-0.2, 0) is 11.8 Å². The van der Waals surface area contributed by atoms with Gasteiger partial charge >= 0.3 is 5.97 Å². The largest absolute Gasteiger partial charge is 0.481 e. The van der Waals surface area contributed by atoms with E-state index in [1.54, 1.807) is 24.1 Å². The van der Waals surface area contributed by atoms with Gasteiger partial charge in [0.2, 0.25) is 0 Å². The molecule has 104 valence electrons. The Labute approximate surface area is 111 Å². The molecule has 0 unspecified atom stereocenters. The average molecular weight is 265 g/mol. The second kappa shape index (κ2) is 5.42. The van der Waals surface area contributed by atoms with Crippen LogP contribution in [0.1, 0.15) is 42.6 Å². The van der Waals surface area contributed by atoms with Crippen LogP contribution in [0.15, 0.2) is 12.5 Å². The number of amides is 1. The predicted octanol–water partition coefficient (Wildman–Crippen LogP) is 1.18. The standard InChI is InChI=1S/C13H19N3O3/c1-16-7-10(15-9-16)11(17)14-8-13(12(18)19)5-3-2-4-6-13/h7,9H,2-6,8H2,1H3,(H,14,17)(H,18,19). The lowest BCUT2D eigenvalue weighted by Gasteiger charge is -2.33. The molecule has 1 aliphatic carbocycles. The number of imidazole rings is 1. The van der Waals surface area contributed by atoms with Crippen molar-refractivity contribution in [3.8, 4) is 0 Å². The number of aromatic nitrogens is 2. The summed E-state index contributed by atoms with van der Waals surface area (Å²) in [7, 11) is 1.78. The van der Waals surface area contributed by atoms with Crippen LogP contribution in [0.3, 0.4) is 0 Å². The van der Waals surface area contributed by atoms with E-state index in [0.29, 0.717) is 18.5 Å². The van der Waals surface area contributed by atoms with Gasteiger partial charge in [-0.25, -0.2) is 4.98 Å². The number of nitrogens with zero attached hydrogens (tertiary/aromatic N) is 2. The molecular weight excluding hydrogens is 246 g/mol. The summed E-state index contributed by atoms with van der Waals surface area (Å²) in [4.78, 5) is 27.3. The number of nitrogens with one attached hydrogen (secondary N) is 1. The number of hydrogen-bond acceptors (Lipinski definition) is 3. The van der Waals surface area contributed by atoms with E-state index in [0.717, 1.165) is 19.3 Å². The lowest BCUT2D eigenvalue weighted by atomic mass is 9.74. The third-order valence-electron chi connectivity index (χ3n) is 3.79. The Hall–Kier alpha value is -1.85. The average Bonchev–Trinajstić information content (AvgIpc) is 2.83. The van der Waals surface area contributed by atoms with Crippen molar-refractivity contribution in [2.75, 3.05) is 6.54 Å². The maximum atomic E-state index is 11.9. The first-order chi connectivity index (χ1) is 9.03. The van der Waals surface area contributed by atoms with E-state index >= 15 is 0 Å². The second-order valence-electron chi connectivity index (χ2n) is 5.25. The fraction of sp³-hybridized carbons (Fsp3) is 0.615. The summed E-state index contributed by atoms with van der Waals surface area (Å²) >= 11 is 0. The van der Waals surface area contributed by atoms with Crippen molar-refractivity contribution in [2.24, 2.45) is 12.5 Å². The molecule has 0 aliphatic heterocycles. The predicted molar refractivity (Wildman–Crippen MR) is 68.7 cm³/mol. The van der Waals surface area contributed by atoms with E-state index in [-0.39, 0.29) is 12.5 Å². The molecule has 6 nitrogen and oxygen atoms in total. The minimum atomic E-state index is -0.812. The third kappa shape index (κ3) is 2.94. The number of carboxylic acids is 1. The molecule has 1 aliphatic rings. The van der Waals surface area contributed by atoms with Crippen LogP contribution >= 0.6 is 0 Å². The highest BCUT2D eigenvalue weighted by atomic mass is 16.4. The van der Waals surface area contributed by atoms with Crippen molar-refractivity contribution in [2.45, 2.75) is 32.1 Å². The van der Waals surface area contributed by atoms with Crippen LogP contribution in [0.5, 0.6) is 0 Å². The van der Waals surface area contributed by atoms with Gasteiger partial charge in [-0.05, 0) is 12.8 Å². The zero-order chi connectivity index (χ0) is 13.9. The Bertz CT molecular complexity index is 475. The minimum Gasteiger partial charge on any atom is -0.481 e. The SMILES string of the molecule is Cn1cnc(C(=O)NCC2(C(=O)O)CCCCC2)c1. The summed E-state index contributed by atoms with van der Waals surface area (Å²) < 4.78 is 1.68. The van der Waals surface area contributed by atoms with E-state index in [4.69, 9.17) is 0 Å². The van der Waals surface area contributed by atoms with Gasteiger partial charge < -0.3 is 15.0 Å². The molecule has 0 spiro atoms.